The van der Waals surface area contributed by atoms with Crippen molar-refractivity contribution in [1.82, 2.24) is 15.0 Å². The molecule has 3 aromatic rings. The highest BCUT2D eigenvalue weighted by atomic mass is 32.2. The molecule has 120 valence electrons. The Morgan fingerprint density at radius 2 is 2.09 bits per heavy atom. The molecular weight excluding hydrogens is 319 g/mol. The summed E-state index contributed by atoms with van der Waals surface area (Å²) < 4.78 is 40.0. The second-order valence-electron chi connectivity index (χ2n) is 5.08. The maximum absolute atomic E-state index is 14.3. The Kier molecular flexibility index (Phi) is 3.99. The van der Waals surface area contributed by atoms with E-state index in [1.54, 1.807) is 25.3 Å². The zero-order valence-corrected chi connectivity index (χ0v) is 13.2. The molecule has 0 aliphatic heterocycles. The number of H-pyrrole nitrogens is 1. The Labute approximate surface area is 132 Å². The van der Waals surface area contributed by atoms with Crippen molar-refractivity contribution < 1.29 is 12.8 Å². The van der Waals surface area contributed by atoms with Gasteiger partial charge in [-0.05, 0) is 24.6 Å². The van der Waals surface area contributed by atoms with Gasteiger partial charge in [-0.3, -0.25) is 4.72 Å². The number of rotatable bonds is 5. The summed E-state index contributed by atoms with van der Waals surface area (Å²) in [6.07, 6.45) is 3.58. The topological polar surface area (TPSA) is 87.7 Å². The maximum atomic E-state index is 14.3. The van der Waals surface area contributed by atoms with Gasteiger partial charge in [0.15, 0.2) is 0 Å². The molecule has 0 amide bonds. The van der Waals surface area contributed by atoms with Crippen molar-refractivity contribution in [2.75, 3.05) is 10.5 Å². The Bertz CT molecular complexity index is 953. The summed E-state index contributed by atoms with van der Waals surface area (Å²) in [7, 11) is -3.53. The summed E-state index contributed by atoms with van der Waals surface area (Å²) in [5.74, 6) is -0.700. The van der Waals surface area contributed by atoms with Crippen molar-refractivity contribution >= 4 is 26.7 Å². The molecule has 0 saturated heterocycles. The summed E-state index contributed by atoms with van der Waals surface area (Å²) >= 11 is 0. The Balaban J connectivity index is 1.98. The molecule has 0 atom stereocenters. The molecule has 2 aromatic heterocycles. The van der Waals surface area contributed by atoms with Crippen molar-refractivity contribution in [2.24, 2.45) is 0 Å². The van der Waals surface area contributed by atoms with Crippen LogP contribution >= 0.6 is 0 Å². The molecule has 3 rings (SSSR count). The standard InChI is InChI=1S/C15H15FN4O2S/c1-2-7-23(21,22)20-13-4-3-10(8-12(13)16)14-11-5-6-17-15(11)19-9-18-14/h3-6,8-9,20H,2,7H2,1H3,(H,17,18,19). The minimum absolute atomic E-state index is 0.0515. The van der Waals surface area contributed by atoms with Crippen LogP contribution < -0.4 is 4.72 Å². The quantitative estimate of drug-likeness (QED) is 0.751. The fourth-order valence-corrected chi connectivity index (χ4v) is 3.48. The Morgan fingerprint density at radius 3 is 2.83 bits per heavy atom. The lowest BCUT2D eigenvalue weighted by Crippen LogP contribution is -2.16. The Morgan fingerprint density at radius 1 is 1.26 bits per heavy atom. The highest BCUT2D eigenvalue weighted by Crippen LogP contribution is 2.28. The van der Waals surface area contributed by atoms with Crippen LogP contribution in [0, 0.1) is 5.82 Å². The van der Waals surface area contributed by atoms with E-state index in [0.717, 1.165) is 5.39 Å². The van der Waals surface area contributed by atoms with E-state index in [4.69, 9.17) is 0 Å². The fraction of sp³-hybridized carbons (Fsp3) is 0.200. The van der Waals surface area contributed by atoms with Crippen LogP contribution in [0.3, 0.4) is 0 Å². The number of fused-ring (bicyclic) bond motifs is 1. The highest BCUT2D eigenvalue weighted by Gasteiger charge is 2.14. The number of aromatic nitrogens is 3. The van der Waals surface area contributed by atoms with E-state index >= 15 is 0 Å². The number of hydrogen-bond acceptors (Lipinski definition) is 4. The number of benzene rings is 1. The molecule has 2 N–H and O–H groups in total. The number of halogens is 1. The monoisotopic (exact) mass is 334 g/mol. The number of anilines is 1. The van der Waals surface area contributed by atoms with Gasteiger partial charge in [-0.1, -0.05) is 13.0 Å². The molecule has 1 aromatic carbocycles. The number of sulfonamides is 1. The third kappa shape index (κ3) is 3.16. The van der Waals surface area contributed by atoms with Gasteiger partial charge in [-0.25, -0.2) is 22.8 Å². The second kappa shape index (κ2) is 5.96. The van der Waals surface area contributed by atoms with Gasteiger partial charge in [0.2, 0.25) is 10.0 Å². The van der Waals surface area contributed by atoms with Crippen molar-refractivity contribution in [2.45, 2.75) is 13.3 Å². The number of nitrogens with one attached hydrogen (secondary N) is 2. The van der Waals surface area contributed by atoms with Gasteiger partial charge in [-0.2, -0.15) is 0 Å². The lowest BCUT2D eigenvalue weighted by atomic mass is 10.1. The number of aromatic amines is 1. The molecule has 0 fully saturated rings. The van der Waals surface area contributed by atoms with E-state index in [1.807, 2.05) is 0 Å². The number of nitrogens with zero attached hydrogens (tertiary/aromatic N) is 2. The van der Waals surface area contributed by atoms with Crippen LogP contribution in [-0.2, 0) is 10.0 Å². The lowest BCUT2D eigenvalue weighted by Gasteiger charge is -2.09. The molecule has 0 aliphatic rings. The van der Waals surface area contributed by atoms with Crippen molar-refractivity contribution in [3.63, 3.8) is 0 Å². The second-order valence-corrected chi connectivity index (χ2v) is 6.92. The molecule has 0 unspecified atom stereocenters. The van der Waals surface area contributed by atoms with Crippen LogP contribution in [0.1, 0.15) is 13.3 Å². The van der Waals surface area contributed by atoms with E-state index in [0.29, 0.717) is 23.3 Å². The highest BCUT2D eigenvalue weighted by molar-refractivity contribution is 7.92. The molecular formula is C15H15FN4O2S. The van der Waals surface area contributed by atoms with Gasteiger partial charge in [0.1, 0.15) is 17.8 Å². The number of hydrogen-bond donors (Lipinski definition) is 2. The zero-order chi connectivity index (χ0) is 16.4. The van der Waals surface area contributed by atoms with Crippen molar-refractivity contribution in [1.29, 1.82) is 0 Å². The van der Waals surface area contributed by atoms with Gasteiger partial charge in [0.05, 0.1) is 17.1 Å². The molecule has 0 bridgehead atoms. The van der Waals surface area contributed by atoms with Crippen molar-refractivity contribution in [3.05, 3.63) is 42.6 Å². The van der Waals surface area contributed by atoms with Gasteiger partial charge in [0.25, 0.3) is 0 Å². The largest absolute Gasteiger partial charge is 0.346 e. The molecule has 0 spiro atoms. The van der Waals surface area contributed by atoms with Crippen molar-refractivity contribution in [3.8, 4) is 11.3 Å². The minimum atomic E-state index is -3.53. The summed E-state index contributed by atoms with van der Waals surface area (Å²) in [4.78, 5) is 11.2. The van der Waals surface area contributed by atoms with Crippen LogP contribution in [0.15, 0.2) is 36.8 Å². The van der Waals surface area contributed by atoms with E-state index in [9.17, 15) is 12.8 Å². The smallest absolute Gasteiger partial charge is 0.232 e. The summed E-state index contributed by atoms with van der Waals surface area (Å²) in [6, 6.07) is 6.10. The van der Waals surface area contributed by atoms with Crippen LogP contribution in [0.25, 0.3) is 22.3 Å². The zero-order valence-electron chi connectivity index (χ0n) is 12.4. The van der Waals surface area contributed by atoms with Crippen LogP contribution in [-0.4, -0.2) is 29.1 Å². The molecule has 0 radical (unpaired) electrons. The first-order valence-electron chi connectivity index (χ1n) is 7.08. The molecule has 2 heterocycles. The molecule has 8 heteroatoms. The normalized spacial score (nSPS) is 11.7. The van der Waals surface area contributed by atoms with Gasteiger partial charge in [-0.15, -0.1) is 0 Å². The van der Waals surface area contributed by atoms with Crippen LogP contribution in [0.5, 0.6) is 0 Å². The van der Waals surface area contributed by atoms with Gasteiger partial charge in [0, 0.05) is 17.1 Å². The third-order valence-electron chi connectivity index (χ3n) is 3.33. The SMILES string of the molecule is CCCS(=O)(=O)Nc1ccc(-c2ncnc3[nH]ccc23)cc1F. The third-order valence-corrected chi connectivity index (χ3v) is 4.81. The first-order chi connectivity index (χ1) is 11.0. The predicted molar refractivity (Wildman–Crippen MR) is 87.0 cm³/mol. The van der Waals surface area contributed by atoms with E-state index in [2.05, 4.69) is 19.7 Å². The van der Waals surface area contributed by atoms with Crippen LogP contribution in [0.4, 0.5) is 10.1 Å². The fourth-order valence-electron chi connectivity index (χ4n) is 2.33. The minimum Gasteiger partial charge on any atom is -0.346 e. The average Bonchev–Trinajstić information content (AvgIpc) is 2.97. The molecule has 23 heavy (non-hydrogen) atoms. The summed E-state index contributed by atoms with van der Waals surface area (Å²) in [6.45, 7) is 1.75. The first kappa shape index (κ1) is 15.4. The summed E-state index contributed by atoms with van der Waals surface area (Å²) in [5.41, 5.74) is 1.72. The molecule has 0 aliphatic carbocycles. The van der Waals surface area contributed by atoms with E-state index < -0.39 is 15.8 Å². The average molecular weight is 334 g/mol. The molecule has 0 saturated carbocycles. The van der Waals surface area contributed by atoms with Gasteiger partial charge < -0.3 is 4.98 Å². The molecule has 6 nitrogen and oxygen atoms in total. The van der Waals surface area contributed by atoms with E-state index in [1.165, 1.54) is 18.5 Å². The van der Waals surface area contributed by atoms with E-state index in [-0.39, 0.29) is 11.4 Å². The van der Waals surface area contributed by atoms with Crippen LogP contribution in [0.2, 0.25) is 0 Å². The maximum Gasteiger partial charge on any atom is 0.232 e. The lowest BCUT2D eigenvalue weighted by molar-refractivity contribution is 0.597. The summed E-state index contributed by atoms with van der Waals surface area (Å²) in [5, 5.41) is 0.770. The first-order valence-corrected chi connectivity index (χ1v) is 8.74. The Hall–Kier alpha value is -2.48. The predicted octanol–water partition coefficient (Wildman–Crippen LogP) is 2.92. The van der Waals surface area contributed by atoms with Gasteiger partial charge >= 0.3 is 0 Å².